The molecule has 0 unspecified atom stereocenters. The summed E-state index contributed by atoms with van der Waals surface area (Å²) in [6.45, 7) is 2.86. The number of amides is 1. The van der Waals surface area contributed by atoms with Gasteiger partial charge < -0.3 is 14.4 Å². The van der Waals surface area contributed by atoms with Crippen LogP contribution in [0, 0.1) is 6.92 Å². The van der Waals surface area contributed by atoms with E-state index in [0.29, 0.717) is 31.8 Å². The molecule has 2 heterocycles. The summed E-state index contributed by atoms with van der Waals surface area (Å²) in [6, 6.07) is 2.01. The van der Waals surface area contributed by atoms with Crippen molar-refractivity contribution >= 4 is 33.1 Å². The normalized spacial score (nSPS) is 15.4. The molecule has 0 saturated carbocycles. The molecule has 100 valence electrons. The molecule has 0 spiro atoms. The van der Waals surface area contributed by atoms with Gasteiger partial charge in [0.25, 0.3) is 0 Å². The molecule has 1 aromatic carbocycles. The smallest absolute Gasteiger partial charge is 0.407 e. The quantitative estimate of drug-likeness (QED) is 0.809. The number of rotatable bonds is 0. The molecule has 6 heteroatoms. The Kier molecular flexibility index (Phi) is 2.97. The van der Waals surface area contributed by atoms with Gasteiger partial charge in [-0.25, -0.2) is 9.78 Å². The van der Waals surface area contributed by atoms with Gasteiger partial charge in [-0.1, -0.05) is 0 Å². The van der Waals surface area contributed by atoms with E-state index >= 15 is 0 Å². The van der Waals surface area contributed by atoms with E-state index in [0.717, 1.165) is 26.7 Å². The Hall–Kier alpha value is -1.56. The standard InChI is InChI=1S/C13H13BrN2O3/c1-7-15-10-6-8-2-4-16(13(17)18)5-3-9(8)11(14)12(10)19-7/h6H,2-5H2,1H3,(H,17,18). The second-order valence-electron chi connectivity index (χ2n) is 4.68. The first-order valence-corrected chi connectivity index (χ1v) is 6.91. The SMILES string of the molecule is Cc1nc2cc3c(c(Br)c2o1)CCN(C(=O)O)CC3. The van der Waals surface area contributed by atoms with Crippen LogP contribution in [0.3, 0.4) is 0 Å². The van der Waals surface area contributed by atoms with Gasteiger partial charge in [0.2, 0.25) is 0 Å². The summed E-state index contributed by atoms with van der Waals surface area (Å²) in [5.41, 5.74) is 3.86. The van der Waals surface area contributed by atoms with Gasteiger partial charge >= 0.3 is 6.09 Å². The van der Waals surface area contributed by atoms with Gasteiger partial charge in [-0.05, 0) is 46.0 Å². The molecule has 1 aliphatic heterocycles. The van der Waals surface area contributed by atoms with Gasteiger partial charge in [0.15, 0.2) is 11.5 Å². The van der Waals surface area contributed by atoms with E-state index in [1.165, 1.54) is 4.90 Å². The largest absolute Gasteiger partial charge is 0.465 e. The molecular formula is C13H13BrN2O3. The molecule has 1 amide bonds. The summed E-state index contributed by atoms with van der Waals surface area (Å²) >= 11 is 3.57. The first kappa shape index (κ1) is 12.5. The van der Waals surface area contributed by atoms with Crippen molar-refractivity contribution < 1.29 is 14.3 Å². The minimum atomic E-state index is -0.860. The third-order valence-corrected chi connectivity index (χ3v) is 4.32. The molecule has 0 saturated heterocycles. The lowest BCUT2D eigenvalue weighted by Crippen LogP contribution is -2.31. The average molecular weight is 325 g/mol. The molecule has 1 aliphatic rings. The lowest BCUT2D eigenvalue weighted by Gasteiger charge is -2.15. The van der Waals surface area contributed by atoms with Crippen LogP contribution in [-0.2, 0) is 12.8 Å². The van der Waals surface area contributed by atoms with Gasteiger partial charge in [0, 0.05) is 20.0 Å². The highest BCUT2D eigenvalue weighted by molar-refractivity contribution is 9.10. The number of aryl methyl sites for hydroxylation is 1. The van der Waals surface area contributed by atoms with E-state index in [1.807, 2.05) is 13.0 Å². The molecule has 1 N–H and O–H groups in total. The summed E-state index contributed by atoms with van der Waals surface area (Å²) in [5, 5.41) is 9.08. The van der Waals surface area contributed by atoms with Crippen LogP contribution >= 0.6 is 15.9 Å². The van der Waals surface area contributed by atoms with E-state index in [2.05, 4.69) is 20.9 Å². The highest BCUT2D eigenvalue weighted by Crippen LogP contribution is 2.33. The van der Waals surface area contributed by atoms with Gasteiger partial charge in [0.05, 0.1) is 4.47 Å². The van der Waals surface area contributed by atoms with Crippen LogP contribution in [0.1, 0.15) is 17.0 Å². The lowest BCUT2D eigenvalue weighted by atomic mass is 10.0. The fraction of sp³-hybridized carbons (Fsp3) is 0.385. The molecule has 19 heavy (non-hydrogen) atoms. The number of halogens is 1. The first-order valence-electron chi connectivity index (χ1n) is 6.11. The van der Waals surface area contributed by atoms with Crippen LogP contribution in [0.5, 0.6) is 0 Å². The van der Waals surface area contributed by atoms with Crippen molar-refractivity contribution in [3.63, 3.8) is 0 Å². The summed E-state index contributed by atoms with van der Waals surface area (Å²) < 4.78 is 6.50. The van der Waals surface area contributed by atoms with Crippen molar-refractivity contribution in [1.29, 1.82) is 0 Å². The molecule has 0 atom stereocenters. The molecule has 0 bridgehead atoms. The fourth-order valence-corrected chi connectivity index (χ4v) is 3.26. The predicted octanol–water partition coefficient (Wildman–Crippen LogP) is 2.98. The Morgan fingerprint density at radius 2 is 2.21 bits per heavy atom. The van der Waals surface area contributed by atoms with E-state index in [-0.39, 0.29) is 0 Å². The van der Waals surface area contributed by atoms with Crippen LogP contribution in [-0.4, -0.2) is 34.2 Å². The molecule has 3 rings (SSSR count). The van der Waals surface area contributed by atoms with Crippen LogP contribution in [0.2, 0.25) is 0 Å². The van der Waals surface area contributed by atoms with Crippen LogP contribution in [0.4, 0.5) is 4.79 Å². The Morgan fingerprint density at radius 3 is 2.95 bits per heavy atom. The number of fused-ring (bicyclic) bond motifs is 2. The number of carbonyl (C=O) groups is 1. The number of benzene rings is 1. The fourth-order valence-electron chi connectivity index (χ4n) is 2.53. The Balaban J connectivity index is 2.08. The number of oxazole rings is 1. The monoisotopic (exact) mass is 324 g/mol. The number of carboxylic acid groups (broad SMARTS) is 1. The zero-order valence-corrected chi connectivity index (χ0v) is 12.0. The van der Waals surface area contributed by atoms with Crippen LogP contribution in [0.15, 0.2) is 15.0 Å². The first-order chi connectivity index (χ1) is 9.06. The minimum absolute atomic E-state index is 0.513. The van der Waals surface area contributed by atoms with E-state index in [1.54, 1.807) is 0 Å². The average Bonchev–Trinajstić information content (AvgIpc) is 2.58. The summed E-state index contributed by atoms with van der Waals surface area (Å²) in [7, 11) is 0. The second-order valence-corrected chi connectivity index (χ2v) is 5.47. The third kappa shape index (κ3) is 2.10. The van der Waals surface area contributed by atoms with Crippen molar-refractivity contribution in [2.24, 2.45) is 0 Å². The minimum Gasteiger partial charge on any atom is -0.465 e. The summed E-state index contributed by atoms with van der Waals surface area (Å²) in [4.78, 5) is 16.8. The molecule has 0 aliphatic carbocycles. The summed E-state index contributed by atoms with van der Waals surface area (Å²) in [6.07, 6.45) is 0.543. The third-order valence-electron chi connectivity index (χ3n) is 3.48. The Morgan fingerprint density at radius 1 is 1.47 bits per heavy atom. The second kappa shape index (κ2) is 4.52. The maximum atomic E-state index is 11.1. The Labute approximate surface area is 118 Å². The van der Waals surface area contributed by atoms with Crippen LogP contribution < -0.4 is 0 Å². The van der Waals surface area contributed by atoms with Crippen molar-refractivity contribution in [1.82, 2.24) is 9.88 Å². The van der Waals surface area contributed by atoms with Gasteiger partial charge in [-0.3, -0.25) is 0 Å². The molecule has 5 nitrogen and oxygen atoms in total. The Bertz CT molecular complexity index is 665. The summed E-state index contributed by atoms with van der Waals surface area (Å²) in [5.74, 6) is 0.642. The van der Waals surface area contributed by atoms with Crippen molar-refractivity contribution in [2.45, 2.75) is 19.8 Å². The van der Waals surface area contributed by atoms with Gasteiger partial charge in [-0.15, -0.1) is 0 Å². The molecule has 0 radical (unpaired) electrons. The highest BCUT2D eigenvalue weighted by Gasteiger charge is 2.22. The predicted molar refractivity (Wildman–Crippen MR) is 73.5 cm³/mol. The highest BCUT2D eigenvalue weighted by atomic mass is 79.9. The van der Waals surface area contributed by atoms with Crippen molar-refractivity contribution in [2.75, 3.05) is 13.1 Å². The van der Waals surface area contributed by atoms with Crippen molar-refractivity contribution in [3.8, 4) is 0 Å². The number of hydrogen-bond acceptors (Lipinski definition) is 3. The molecule has 1 aromatic heterocycles. The number of hydrogen-bond donors (Lipinski definition) is 1. The van der Waals surface area contributed by atoms with E-state index < -0.39 is 6.09 Å². The van der Waals surface area contributed by atoms with Crippen LogP contribution in [0.25, 0.3) is 11.1 Å². The maximum absolute atomic E-state index is 11.1. The van der Waals surface area contributed by atoms with Gasteiger partial charge in [0.1, 0.15) is 5.52 Å². The zero-order chi connectivity index (χ0) is 13.6. The van der Waals surface area contributed by atoms with E-state index in [4.69, 9.17) is 9.52 Å². The zero-order valence-electron chi connectivity index (χ0n) is 10.4. The molecule has 0 fully saturated rings. The van der Waals surface area contributed by atoms with Gasteiger partial charge in [-0.2, -0.15) is 0 Å². The molecular weight excluding hydrogens is 312 g/mol. The van der Waals surface area contributed by atoms with E-state index in [9.17, 15) is 4.79 Å². The van der Waals surface area contributed by atoms with Crippen molar-refractivity contribution in [3.05, 3.63) is 27.6 Å². The number of aromatic nitrogens is 1. The number of nitrogens with zero attached hydrogens (tertiary/aromatic N) is 2. The molecule has 2 aromatic rings. The lowest BCUT2D eigenvalue weighted by molar-refractivity contribution is 0.147. The maximum Gasteiger partial charge on any atom is 0.407 e. The topological polar surface area (TPSA) is 66.6 Å².